The van der Waals surface area contributed by atoms with Gasteiger partial charge in [-0.15, -0.1) is 0 Å². The van der Waals surface area contributed by atoms with Crippen LogP contribution in [0.5, 0.6) is 0 Å². The second-order valence-electron chi connectivity index (χ2n) is 8.43. The summed E-state index contributed by atoms with van der Waals surface area (Å²) in [5.74, 6) is 0.351. The fourth-order valence-electron chi connectivity index (χ4n) is 4.24. The van der Waals surface area contributed by atoms with Crippen LogP contribution in [0.15, 0.2) is 30.3 Å². The highest BCUT2D eigenvalue weighted by molar-refractivity contribution is 7.91. The standard InChI is InChI=1S/C22H23ClN4O3S/c1-13-20-17(22(28)24-11-15-4-2-3-5-18(15)23)10-19(14-6-7-14)25-21(20)27(26-13)16-8-9-31(29,30)12-16/h2-5,10,14,16H,6-9,11-12H2,1H3,(H,24,28). The minimum atomic E-state index is -3.07. The first-order valence-corrected chi connectivity index (χ1v) is 12.6. The van der Waals surface area contributed by atoms with E-state index < -0.39 is 9.84 Å². The van der Waals surface area contributed by atoms with Gasteiger partial charge in [-0.3, -0.25) is 4.79 Å². The van der Waals surface area contributed by atoms with E-state index in [9.17, 15) is 13.2 Å². The van der Waals surface area contributed by atoms with E-state index in [2.05, 4.69) is 10.4 Å². The van der Waals surface area contributed by atoms with Crippen molar-refractivity contribution >= 4 is 38.4 Å². The summed E-state index contributed by atoms with van der Waals surface area (Å²) in [5, 5.41) is 8.88. The van der Waals surface area contributed by atoms with Crippen molar-refractivity contribution in [1.29, 1.82) is 0 Å². The molecule has 3 heterocycles. The number of rotatable bonds is 5. The molecule has 1 unspecified atom stereocenters. The molecule has 0 bridgehead atoms. The monoisotopic (exact) mass is 458 g/mol. The van der Waals surface area contributed by atoms with Crippen LogP contribution in [0.1, 0.15) is 58.5 Å². The van der Waals surface area contributed by atoms with Crippen LogP contribution in [0, 0.1) is 6.92 Å². The van der Waals surface area contributed by atoms with E-state index in [0.717, 1.165) is 24.1 Å². The number of carbonyl (C=O) groups excluding carboxylic acids is 1. The Balaban J connectivity index is 1.54. The lowest BCUT2D eigenvalue weighted by Gasteiger charge is -2.12. The number of pyridine rings is 1. The first-order chi connectivity index (χ1) is 14.8. The number of halogens is 1. The quantitative estimate of drug-likeness (QED) is 0.630. The molecule has 1 atom stereocenters. The van der Waals surface area contributed by atoms with E-state index in [1.165, 1.54) is 0 Å². The fraction of sp³-hybridized carbons (Fsp3) is 0.409. The Hall–Kier alpha value is -2.45. The summed E-state index contributed by atoms with van der Waals surface area (Å²) in [7, 11) is -3.07. The molecule has 2 aromatic heterocycles. The van der Waals surface area contributed by atoms with Crippen LogP contribution >= 0.6 is 11.6 Å². The zero-order valence-corrected chi connectivity index (χ0v) is 18.7. The van der Waals surface area contributed by atoms with Crippen LogP contribution in [-0.4, -0.2) is 40.6 Å². The predicted molar refractivity (Wildman–Crippen MR) is 119 cm³/mol. The summed E-state index contributed by atoms with van der Waals surface area (Å²) >= 11 is 6.22. The molecule has 1 N–H and O–H groups in total. The lowest BCUT2D eigenvalue weighted by Crippen LogP contribution is -2.23. The molecule has 1 aromatic carbocycles. The molecular formula is C22H23ClN4O3S. The van der Waals surface area contributed by atoms with Gasteiger partial charge in [0.15, 0.2) is 15.5 Å². The molecule has 0 radical (unpaired) electrons. The van der Waals surface area contributed by atoms with Crippen molar-refractivity contribution in [1.82, 2.24) is 20.1 Å². The molecule has 7 nitrogen and oxygen atoms in total. The minimum absolute atomic E-state index is 0.0621. The Bertz CT molecular complexity index is 1300. The van der Waals surface area contributed by atoms with E-state index in [1.807, 2.05) is 31.2 Å². The number of benzene rings is 1. The number of aromatic nitrogens is 3. The van der Waals surface area contributed by atoms with Crippen LogP contribution < -0.4 is 5.32 Å². The second-order valence-corrected chi connectivity index (χ2v) is 11.1. The summed E-state index contributed by atoms with van der Waals surface area (Å²) in [5.41, 5.74) is 3.53. The first kappa shape index (κ1) is 20.5. The molecular weight excluding hydrogens is 436 g/mol. The lowest BCUT2D eigenvalue weighted by molar-refractivity contribution is 0.0952. The summed E-state index contributed by atoms with van der Waals surface area (Å²) in [4.78, 5) is 18.0. The molecule has 1 aliphatic carbocycles. The Morgan fingerprint density at radius 2 is 2.03 bits per heavy atom. The second kappa shape index (κ2) is 7.60. The van der Waals surface area contributed by atoms with Crippen LogP contribution in [-0.2, 0) is 16.4 Å². The number of sulfone groups is 1. The van der Waals surface area contributed by atoms with Gasteiger partial charge in [0.1, 0.15) is 0 Å². The molecule has 2 aliphatic rings. The molecule has 1 aliphatic heterocycles. The first-order valence-electron chi connectivity index (χ1n) is 10.4. The van der Waals surface area contributed by atoms with Gasteiger partial charge < -0.3 is 5.32 Å². The zero-order valence-electron chi connectivity index (χ0n) is 17.1. The van der Waals surface area contributed by atoms with Crippen LogP contribution in [0.2, 0.25) is 5.02 Å². The molecule has 31 heavy (non-hydrogen) atoms. The number of hydrogen-bond acceptors (Lipinski definition) is 5. The van der Waals surface area contributed by atoms with Gasteiger partial charge in [-0.25, -0.2) is 18.1 Å². The number of nitrogens with zero attached hydrogens (tertiary/aromatic N) is 3. The Kier molecular flexibility index (Phi) is 5.01. The summed E-state index contributed by atoms with van der Waals surface area (Å²) < 4.78 is 25.8. The molecule has 5 rings (SSSR count). The topological polar surface area (TPSA) is 93.9 Å². The van der Waals surface area contributed by atoms with E-state index in [-0.39, 0.29) is 23.5 Å². The van der Waals surface area contributed by atoms with Gasteiger partial charge in [0.25, 0.3) is 5.91 Å². The molecule has 162 valence electrons. The Labute approximate surface area is 185 Å². The van der Waals surface area contributed by atoms with Gasteiger partial charge in [-0.05, 0) is 43.9 Å². The summed E-state index contributed by atoms with van der Waals surface area (Å²) in [6, 6.07) is 9.03. The molecule has 1 amide bonds. The van der Waals surface area contributed by atoms with Gasteiger partial charge >= 0.3 is 0 Å². The number of carbonyl (C=O) groups is 1. The highest BCUT2D eigenvalue weighted by Crippen LogP contribution is 2.41. The number of nitrogens with one attached hydrogen (secondary N) is 1. The van der Waals surface area contributed by atoms with Gasteiger partial charge in [-0.1, -0.05) is 29.8 Å². The summed E-state index contributed by atoms with van der Waals surface area (Å²) in [6.07, 6.45) is 2.61. The van der Waals surface area contributed by atoms with Gasteiger partial charge in [0, 0.05) is 23.2 Å². The molecule has 0 spiro atoms. The molecule has 9 heteroatoms. The Morgan fingerprint density at radius 1 is 1.26 bits per heavy atom. The predicted octanol–water partition coefficient (Wildman–Crippen LogP) is 3.56. The van der Waals surface area contributed by atoms with Crippen LogP contribution in [0.25, 0.3) is 11.0 Å². The van der Waals surface area contributed by atoms with Gasteiger partial charge in [0.05, 0.1) is 34.2 Å². The lowest BCUT2D eigenvalue weighted by atomic mass is 10.1. The third-order valence-electron chi connectivity index (χ3n) is 6.05. The van der Waals surface area contributed by atoms with E-state index >= 15 is 0 Å². The van der Waals surface area contributed by atoms with Crippen LogP contribution in [0.4, 0.5) is 0 Å². The smallest absolute Gasteiger partial charge is 0.252 e. The minimum Gasteiger partial charge on any atom is -0.348 e. The third-order valence-corrected chi connectivity index (χ3v) is 8.17. The largest absolute Gasteiger partial charge is 0.348 e. The third kappa shape index (κ3) is 3.94. The fourth-order valence-corrected chi connectivity index (χ4v) is 6.13. The maximum absolute atomic E-state index is 13.2. The summed E-state index contributed by atoms with van der Waals surface area (Å²) in [6.45, 7) is 2.15. The Morgan fingerprint density at radius 3 is 2.71 bits per heavy atom. The number of aryl methyl sites for hydroxylation is 1. The van der Waals surface area contributed by atoms with Gasteiger partial charge in [0.2, 0.25) is 0 Å². The van der Waals surface area contributed by atoms with Crippen molar-refractivity contribution in [3.63, 3.8) is 0 Å². The maximum Gasteiger partial charge on any atom is 0.252 e. The molecule has 1 saturated heterocycles. The van der Waals surface area contributed by atoms with Crippen molar-refractivity contribution in [3.05, 3.63) is 57.9 Å². The van der Waals surface area contributed by atoms with Crippen molar-refractivity contribution in [2.75, 3.05) is 11.5 Å². The van der Waals surface area contributed by atoms with Gasteiger partial charge in [-0.2, -0.15) is 5.10 Å². The average molecular weight is 459 g/mol. The number of amides is 1. The average Bonchev–Trinajstić information content (AvgIpc) is 3.45. The number of fused-ring (bicyclic) bond motifs is 1. The highest BCUT2D eigenvalue weighted by Gasteiger charge is 2.34. The highest BCUT2D eigenvalue weighted by atomic mass is 35.5. The van der Waals surface area contributed by atoms with E-state index in [1.54, 1.807) is 10.7 Å². The normalized spacial score (nSPS) is 20.3. The van der Waals surface area contributed by atoms with Crippen molar-refractivity contribution in [2.45, 2.75) is 44.7 Å². The van der Waals surface area contributed by atoms with Crippen LogP contribution in [0.3, 0.4) is 0 Å². The zero-order chi connectivity index (χ0) is 21.8. The van der Waals surface area contributed by atoms with E-state index in [0.29, 0.717) is 46.2 Å². The maximum atomic E-state index is 13.2. The van der Waals surface area contributed by atoms with Crippen molar-refractivity contribution in [3.8, 4) is 0 Å². The molecule has 2 fully saturated rings. The molecule has 3 aromatic rings. The van der Waals surface area contributed by atoms with Crippen molar-refractivity contribution in [2.24, 2.45) is 0 Å². The molecule has 1 saturated carbocycles. The van der Waals surface area contributed by atoms with E-state index in [4.69, 9.17) is 16.6 Å². The van der Waals surface area contributed by atoms with Crippen molar-refractivity contribution < 1.29 is 13.2 Å². The number of hydrogen-bond donors (Lipinski definition) is 1. The SMILES string of the molecule is Cc1nn(C2CCS(=O)(=O)C2)c2nc(C3CC3)cc(C(=O)NCc3ccccc3Cl)c12.